The Hall–Kier alpha value is -1.39. The summed E-state index contributed by atoms with van der Waals surface area (Å²) in [7, 11) is 1.98. The highest BCUT2D eigenvalue weighted by molar-refractivity contribution is 5.76. The van der Waals surface area contributed by atoms with Crippen LogP contribution in [-0.2, 0) is 7.05 Å². The maximum atomic E-state index is 5.99. The molecule has 0 spiro atoms. The summed E-state index contributed by atoms with van der Waals surface area (Å²) in [6, 6.07) is 6.15. The average molecular weight is 204 g/mol. The number of aryl methyl sites for hydroxylation is 1. The van der Waals surface area contributed by atoms with Crippen molar-refractivity contribution in [3.8, 4) is 0 Å². The largest absolute Gasteiger partial charge is 0.334 e. The summed E-state index contributed by atoms with van der Waals surface area (Å²) in [5.41, 5.74) is 14.7. The molecule has 0 aliphatic carbocycles. The first-order chi connectivity index (χ1) is 7.22. The van der Waals surface area contributed by atoms with Gasteiger partial charge in [-0.15, -0.1) is 0 Å². The monoisotopic (exact) mass is 204 g/mol. The molecule has 4 N–H and O–H groups in total. The van der Waals surface area contributed by atoms with Crippen molar-refractivity contribution in [1.29, 1.82) is 0 Å². The molecule has 0 saturated carbocycles. The molecule has 2 aromatic rings. The van der Waals surface area contributed by atoms with E-state index in [4.69, 9.17) is 11.5 Å². The van der Waals surface area contributed by atoms with Crippen LogP contribution < -0.4 is 11.5 Å². The lowest BCUT2D eigenvalue weighted by Gasteiger charge is -2.10. The molecule has 0 aliphatic heterocycles. The molecule has 0 radical (unpaired) electrons. The number of imidazole rings is 1. The number of fused-ring (bicyclic) bond motifs is 1. The standard InChI is InChI=1S/C11H16N4/c1-15-7-14-10-6-8(2-3-11(10)15)9(13)4-5-12/h2-3,6-7,9H,4-5,12-13H2,1H3. The van der Waals surface area contributed by atoms with Gasteiger partial charge >= 0.3 is 0 Å². The third-order valence-electron chi connectivity index (χ3n) is 2.66. The van der Waals surface area contributed by atoms with Crippen LogP contribution in [0.2, 0.25) is 0 Å². The summed E-state index contributed by atoms with van der Waals surface area (Å²) < 4.78 is 1.99. The van der Waals surface area contributed by atoms with E-state index in [0.29, 0.717) is 6.54 Å². The van der Waals surface area contributed by atoms with Crippen molar-refractivity contribution in [2.45, 2.75) is 12.5 Å². The topological polar surface area (TPSA) is 69.9 Å². The van der Waals surface area contributed by atoms with E-state index in [1.54, 1.807) is 0 Å². The highest BCUT2D eigenvalue weighted by Gasteiger charge is 2.07. The SMILES string of the molecule is Cn1cnc2cc(C(N)CCN)ccc21. The molecule has 0 aliphatic rings. The third kappa shape index (κ3) is 1.86. The lowest BCUT2D eigenvalue weighted by Crippen LogP contribution is -2.15. The molecule has 80 valence electrons. The van der Waals surface area contributed by atoms with E-state index < -0.39 is 0 Å². The fourth-order valence-corrected chi connectivity index (χ4v) is 1.73. The molecule has 4 heteroatoms. The normalized spacial score (nSPS) is 13.3. The number of nitrogens with zero attached hydrogens (tertiary/aromatic N) is 2. The second-order valence-electron chi connectivity index (χ2n) is 3.79. The molecule has 1 atom stereocenters. The van der Waals surface area contributed by atoms with Gasteiger partial charge in [-0.05, 0) is 30.7 Å². The van der Waals surface area contributed by atoms with Crippen LogP contribution in [0.5, 0.6) is 0 Å². The van der Waals surface area contributed by atoms with Gasteiger partial charge < -0.3 is 16.0 Å². The average Bonchev–Trinajstić information content (AvgIpc) is 2.60. The van der Waals surface area contributed by atoms with Crippen molar-refractivity contribution >= 4 is 11.0 Å². The van der Waals surface area contributed by atoms with Gasteiger partial charge in [0.2, 0.25) is 0 Å². The quantitative estimate of drug-likeness (QED) is 0.781. The van der Waals surface area contributed by atoms with Crippen LogP contribution in [0, 0.1) is 0 Å². The lowest BCUT2D eigenvalue weighted by atomic mass is 10.0. The first kappa shape index (κ1) is 10.1. The highest BCUT2D eigenvalue weighted by atomic mass is 15.0. The summed E-state index contributed by atoms with van der Waals surface area (Å²) in [5.74, 6) is 0. The summed E-state index contributed by atoms with van der Waals surface area (Å²) in [6.45, 7) is 0.613. The molecule has 0 saturated heterocycles. The van der Waals surface area contributed by atoms with Gasteiger partial charge in [0, 0.05) is 13.1 Å². The smallest absolute Gasteiger partial charge is 0.0955 e. The zero-order valence-corrected chi connectivity index (χ0v) is 8.85. The Labute approximate surface area is 88.9 Å². The molecular formula is C11H16N4. The molecule has 1 aromatic carbocycles. The maximum absolute atomic E-state index is 5.99. The molecule has 2 rings (SSSR count). The number of aromatic nitrogens is 2. The molecule has 0 fully saturated rings. The zero-order valence-electron chi connectivity index (χ0n) is 8.85. The Morgan fingerprint density at radius 2 is 2.27 bits per heavy atom. The third-order valence-corrected chi connectivity index (χ3v) is 2.66. The van der Waals surface area contributed by atoms with Gasteiger partial charge in [0.15, 0.2) is 0 Å². The predicted octanol–water partition coefficient (Wildman–Crippen LogP) is 0.922. The van der Waals surface area contributed by atoms with Crippen molar-refractivity contribution in [2.75, 3.05) is 6.54 Å². The van der Waals surface area contributed by atoms with Crippen LogP contribution in [0.3, 0.4) is 0 Å². The van der Waals surface area contributed by atoms with Gasteiger partial charge in [0.1, 0.15) is 0 Å². The van der Waals surface area contributed by atoms with E-state index in [1.165, 1.54) is 0 Å². The van der Waals surface area contributed by atoms with Crippen LogP contribution in [0.1, 0.15) is 18.0 Å². The first-order valence-corrected chi connectivity index (χ1v) is 5.09. The minimum Gasteiger partial charge on any atom is -0.334 e. The molecule has 0 bridgehead atoms. The van der Waals surface area contributed by atoms with E-state index in [1.807, 2.05) is 36.1 Å². The van der Waals surface area contributed by atoms with E-state index in [0.717, 1.165) is 23.0 Å². The second-order valence-corrected chi connectivity index (χ2v) is 3.79. The van der Waals surface area contributed by atoms with Gasteiger partial charge in [-0.2, -0.15) is 0 Å². The predicted molar refractivity (Wildman–Crippen MR) is 61.3 cm³/mol. The summed E-state index contributed by atoms with van der Waals surface area (Å²) in [6.07, 6.45) is 2.61. The fourth-order valence-electron chi connectivity index (χ4n) is 1.73. The lowest BCUT2D eigenvalue weighted by molar-refractivity contribution is 0.662. The van der Waals surface area contributed by atoms with Gasteiger partial charge in [-0.25, -0.2) is 4.98 Å². The number of hydrogen-bond donors (Lipinski definition) is 2. The van der Waals surface area contributed by atoms with Crippen molar-refractivity contribution in [1.82, 2.24) is 9.55 Å². The minimum absolute atomic E-state index is 0.0152. The van der Waals surface area contributed by atoms with Gasteiger partial charge in [0.25, 0.3) is 0 Å². The Bertz CT molecular complexity index is 461. The summed E-state index contributed by atoms with van der Waals surface area (Å²) in [4.78, 5) is 4.30. The molecule has 1 aromatic heterocycles. The summed E-state index contributed by atoms with van der Waals surface area (Å²) >= 11 is 0. The molecule has 0 amide bonds. The first-order valence-electron chi connectivity index (χ1n) is 5.09. The fraction of sp³-hybridized carbons (Fsp3) is 0.364. The van der Waals surface area contributed by atoms with Crippen molar-refractivity contribution in [3.05, 3.63) is 30.1 Å². The minimum atomic E-state index is 0.0152. The summed E-state index contributed by atoms with van der Waals surface area (Å²) in [5, 5.41) is 0. The van der Waals surface area contributed by atoms with Crippen LogP contribution in [-0.4, -0.2) is 16.1 Å². The number of nitrogens with two attached hydrogens (primary N) is 2. The van der Waals surface area contributed by atoms with Crippen molar-refractivity contribution in [3.63, 3.8) is 0 Å². The maximum Gasteiger partial charge on any atom is 0.0955 e. The van der Waals surface area contributed by atoms with Gasteiger partial charge in [-0.3, -0.25) is 0 Å². The molecule has 4 nitrogen and oxygen atoms in total. The molecule has 1 unspecified atom stereocenters. The Morgan fingerprint density at radius 1 is 1.47 bits per heavy atom. The zero-order chi connectivity index (χ0) is 10.8. The Balaban J connectivity index is 2.38. The van der Waals surface area contributed by atoms with Crippen LogP contribution >= 0.6 is 0 Å². The van der Waals surface area contributed by atoms with Crippen LogP contribution in [0.15, 0.2) is 24.5 Å². The van der Waals surface area contributed by atoms with Crippen LogP contribution in [0.4, 0.5) is 0 Å². The number of benzene rings is 1. The van der Waals surface area contributed by atoms with E-state index in [-0.39, 0.29) is 6.04 Å². The van der Waals surface area contributed by atoms with E-state index in [9.17, 15) is 0 Å². The Morgan fingerprint density at radius 3 is 3.00 bits per heavy atom. The van der Waals surface area contributed by atoms with Gasteiger partial charge in [-0.1, -0.05) is 6.07 Å². The Kier molecular flexibility index (Phi) is 2.70. The van der Waals surface area contributed by atoms with Crippen LogP contribution in [0.25, 0.3) is 11.0 Å². The van der Waals surface area contributed by atoms with E-state index in [2.05, 4.69) is 4.98 Å². The van der Waals surface area contributed by atoms with E-state index >= 15 is 0 Å². The molecular weight excluding hydrogens is 188 g/mol. The number of rotatable bonds is 3. The molecule has 1 heterocycles. The second kappa shape index (κ2) is 4.00. The molecule has 15 heavy (non-hydrogen) atoms. The van der Waals surface area contributed by atoms with Gasteiger partial charge in [0.05, 0.1) is 17.4 Å². The number of hydrogen-bond acceptors (Lipinski definition) is 3. The highest BCUT2D eigenvalue weighted by Crippen LogP contribution is 2.19. The van der Waals surface area contributed by atoms with Crippen molar-refractivity contribution in [2.24, 2.45) is 18.5 Å². The van der Waals surface area contributed by atoms with Crippen molar-refractivity contribution < 1.29 is 0 Å².